The fourth-order valence-corrected chi connectivity index (χ4v) is 2.55. The first-order valence-corrected chi connectivity index (χ1v) is 7.04. The van der Waals surface area contributed by atoms with Gasteiger partial charge >= 0.3 is 0 Å². The smallest absolute Gasteiger partial charge is 0.222 e. The molecule has 1 saturated heterocycles. The van der Waals surface area contributed by atoms with Gasteiger partial charge in [-0.3, -0.25) is 9.78 Å². The molecular formula is C15H24ClN3O. The van der Waals surface area contributed by atoms with E-state index in [0.717, 1.165) is 25.1 Å². The molecule has 2 unspecified atom stereocenters. The van der Waals surface area contributed by atoms with E-state index in [4.69, 9.17) is 0 Å². The van der Waals surface area contributed by atoms with E-state index in [-0.39, 0.29) is 24.4 Å². The molecule has 0 aliphatic carbocycles. The number of carbonyl (C=O) groups excluding carboxylic acids is 1. The van der Waals surface area contributed by atoms with Crippen molar-refractivity contribution in [3.8, 4) is 0 Å². The number of carbonyl (C=O) groups is 1. The molecule has 0 bridgehead atoms. The fourth-order valence-electron chi connectivity index (χ4n) is 2.55. The first-order valence-electron chi connectivity index (χ1n) is 7.04. The van der Waals surface area contributed by atoms with Gasteiger partial charge in [0.2, 0.25) is 5.91 Å². The molecule has 0 aromatic carbocycles. The molecule has 4 nitrogen and oxygen atoms in total. The third-order valence-corrected chi connectivity index (χ3v) is 4.09. The summed E-state index contributed by atoms with van der Waals surface area (Å²) in [6, 6.07) is 4.04. The number of rotatable bonds is 5. The van der Waals surface area contributed by atoms with Gasteiger partial charge in [-0.1, -0.05) is 0 Å². The molecule has 5 heteroatoms. The summed E-state index contributed by atoms with van der Waals surface area (Å²) in [6.07, 6.45) is 6.40. The van der Waals surface area contributed by atoms with Crippen molar-refractivity contribution in [2.45, 2.75) is 32.2 Å². The van der Waals surface area contributed by atoms with Crippen LogP contribution in [0.2, 0.25) is 0 Å². The van der Waals surface area contributed by atoms with Crippen LogP contribution in [0.25, 0.3) is 0 Å². The summed E-state index contributed by atoms with van der Waals surface area (Å²) in [4.78, 5) is 18.1. The maximum Gasteiger partial charge on any atom is 0.222 e. The van der Waals surface area contributed by atoms with Gasteiger partial charge in [0.25, 0.3) is 0 Å². The summed E-state index contributed by atoms with van der Waals surface area (Å²) in [5.74, 6) is 0.907. The summed E-state index contributed by atoms with van der Waals surface area (Å²) in [6.45, 7) is 4.23. The van der Waals surface area contributed by atoms with Gasteiger partial charge < -0.3 is 10.2 Å². The first kappa shape index (κ1) is 16.9. The molecule has 1 aromatic heterocycles. The van der Waals surface area contributed by atoms with Crippen LogP contribution in [0.3, 0.4) is 0 Å². The lowest BCUT2D eigenvalue weighted by Gasteiger charge is -2.25. The van der Waals surface area contributed by atoms with Gasteiger partial charge in [0.1, 0.15) is 0 Å². The molecule has 1 amide bonds. The van der Waals surface area contributed by atoms with Crippen LogP contribution in [-0.2, 0) is 4.79 Å². The topological polar surface area (TPSA) is 45.2 Å². The predicted molar refractivity (Wildman–Crippen MR) is 82.9 cm³/mol. The van der Waals surface area contributed by atoms with Crippen molar-refractivity contribution < 1.29 is 4.79 Å². The van der Waals surface area contributed by atoms with Gasteiger partial charge in [0.15, 0.2) is 0 Å². The van der Waals surface area contributed by atoms with Crippen LogP contribution in [-0.4, -0.2) is 35.9 Å². The zero-order chi connectivity index (χ0) is 13.7. The molecule has 1 aliphatic heterocycles. The number of amides is 1. The summed E-state index contributed by atoms with van der Waals surface area (Å²) < 4.78 is 0. The number of nitrogens with one attached hydrogen (secondary N) is 1. The van der Waals surface area contributed by atoms with Gasteiger partial charge in [-0.05, 0) is 56.5 Å². The van der Waals surface area contributed by atoms with Crippen LogP contribution >= 0.6 is 12.4 Å². The van der Waals surface area contributed by atoms with Crippen molar-refractivity contribution in [3.63, 3.8) is 0 Å². The Morgan fingerprint density at radius 1 is 1.50 bits per heavy atom. The minimum absolute atomic E-state index is 0. The summed E-state index contributed by atoms with van der Waals surface area (Å²) in [5, 5.41) is 3.34. The van der Waals surface area contributed by atoms with Crippen molar-refractivity contribution >= 4 is 18.3 Å². The van der Waals surface area contributed by atoms with Gasteiger partial charge in [-0.15, -0.1) is 12.4 Å². The molecule has 2 rings (SSSR count). The average Bonchev–Trinajstić information content (AvgIpc) is 2.97. The molecular weight excluding hydrogens is 274 g/mol. The van der Waals surface area contributed by atoms with Crippen molar-refractivity contribution in [3.05, 3.63) is 30.1 Å². The quantitative estimate of drug-likeness (QED) is 0.908. The largest absolute Gasteiger partial charge is 0.339 e. The van der Waals surface area contributed by atoms with Crippen LogP contribution in [0.15, 0.2) is 24.5 Å². The lowest BCUT2D eigenvalue weighted by atomic mass is 10.0. The highest BCUT2D eigenvalue weighted by atomic mass is 35.5. The Kier molecular flexibility index (Phi) is 6.96. The molecule has 0 spiro atoms. The SMILES string of the molecule is CC(c1ccncc1)N(C)C(=O)CCC1CCNC1.Cl. The third kappa shape index (κ3) is 4.46. The van der Waals surface area contributed by atoms with Crippen LogP contribution in [0.1, 0.15) is 37.8 Å². The highest BCUT2D eigenvalue weighted by molar-refractivity contribution is 5.85. The monoisotopic (exact) mass is 297 g/mol. The molecule has 20 heavy (non-hydrogen) atoms. The highest BCUT2D eigenvalue weighted by Crippen LogP contribution is 2.20. The highest BCUT2D eigenvalue weighted by Gasteiger charge is 2.20. The van der Waals surface area contributed by atoms with Crippen LogP contribution in [0.5, 0.6) is 0 Å². The molecule has 1 aliphatic rings. The van der Waals surface area contributed by atoms with Crippen molar-refractivity contribution in [1.29, 1.82) is 0 Å². The zero-order valence-electron chi connectivity index (χ0n) is 12.2. The van der Waals surface area contributed by atoms with Crippen LogP contribution in [0, 0.1) is 5.92 Å². The van der Waals surface area contributed by atoms with Gasteiger partial charge in [-0.2, -0.15) is 0 Å². The van der Waals surface area contributed by atoms with Gasteiger partial charge in [-0.25, -0.2) is 0 Å². The third-order valence-electron chi connectivity index (χ3n) is 4.09. The Bertz CT molecular complexity index is 407. The molecule has 2 atom stereocenters. The maximum absolute atomic E-state index is 12.2. The van der Waals surface area contributed by atoms with E-state index in [2.05, 4.69) is 17.2 Å². The Labute approximate surface area is 127 Å². The Morgan fingerprint density at radius 3 is 2.80 bits per heavy atom. The number of aromatic nitrogens is 1. The van der Waals surface area contributed by atoms with Crippen LogP contribution < -0.4 is 5.32 Å². The number of hydrogen-bond donors (Lipinski definition) is 1. The van der Waals surface area contributed by atoms with Crippen LogP contribution in [0.4, 0.5) is 0 Å². The second kappa shape index (κ2) is 8.22. The van der Waals surface area contributed by atoms with E-state index >= 15 is 0 Å². The summed E-state index contributed by atoms with van der Waals surface area (Å²) in [7, 11) is 1.89. The van der Waals surface area contributed by atoms with Crippen molar-refractivity contribution in [2.24, 2.45) is 5.92 Å². The predicted octanol–water partition coefficient (Wildman–Crippen LogP) is 2.41. The molecule has 1 N–H and O–H groups in total. The Morgan fingerprint density at radius 2 is 2.20 bits per heavy atom. The van der Waals surface area contributed by atoms with E-state index in [9.17, 15) is 4.79 Å². The number of hydrogen-bond acceptors (Lipinski definition) is 3. The average molecular weight is 298 g/mol. The number of nitrogens with zero attached hydrogens (tertiary/aromatic N) is 2. The minimum Gasteiger partial charge on any atom is -0.339 e. The molecule has 0 radical (unpaired) electrons. The Balaban J connectivity index is 0.00000200. The second-order valence-corrected chi connectivity index (χ2v) is 5.36. The lowest BCUT2D eigenvalue weighted by molar-refractivity contribution is -0.132. The summed E-state index contributed by atoms with van der Waals surface area (Å²) in [5.41, 5.74) is 1.13. The normalized spacial score (nSPS) is 19.2. The molecule has 0 saturated carbocycles. The number of pyridine rings is 1. The molecule has 1 aromatic rings. The van der Waals surface area contributed by atoms with Gasteiger partial charge in [0, 0.05) is 25.9 Å². The van der Waals surface area contributed by atoms with E-state index in [1.165, 1.54) is 6.42 Å². The molecule has 2 heterocycles. The van der Waals surface area contributed by atoms with Gasteiger partial charge in [0.05, 0.1) is 6.04 Å². The standard InChI is InChI=1S/C15H23N3O.ClH/c1-12(14-6-9-16-10-7-14)18(2)15(19)4-3-13-5-8-17-11-13;/h6-7,9-10,12-13,17H,3-5,8,11H2,1-2H3;1H. The Hall–Kier alpha value is -1.13. The van der Waals surface area contributed by atoms with Crippen molar-refractivity contribution in [1.82, 2.24) is 15.2 Å². The van der Waals surface area contributed by atoms with E-state index in [0.29, 0.717) is 12.3 Å². The lowest BCUT2D eigenvalue weighted by Crippen LogP contribution is -2.30. The van der Waals surface area contributed by atoms with Crippen molar-refractivity contribution in [2.75, 3.05) is 20.1 Å². The molecule has 112 valence electrons. The second-order valence-electron chi connectivity index (χ2n) is 5.36. The number of halogens is 1. The summed E-state index contributed by atoms with van der Waals surface area (Å²) >= 11 is 0. The first-order chi connectivity index (χ1) is 9.18. The van der Waals surface area contributed by atoms with E-state index < -0.39 is 0 Å². The fraction of sp³-hybridized carbons (Fsp3) is 0.600. The molecule has 1 fully saturated rings. The van der Waals surface area contributed by atoms with E-state index in [1.54, 1.807) is 12.4 Å². The minimum atomic E-state index is 0. The maximum atomic E-state index is 12.2. The zero-order valence-corrected chi connectivity index (χ0v) is 13.0. The van der Waals surface area contributed by atoms with E-state index in [1.807, 2.05) is 24.1 Å².